The van der Waals surface area contributed by atoms with Crippen LogP contribution in [0.25, 0.3) is 0 Å². The Morgan fingerprint density at radius 2 is 1.25 bits per heavy atom. The largest absolute Gasteiger partial charge is 0.304 e. The predicted molar refractivity (Wildman–Crippen MR) is 26.1 cm³/mol. The monoisotopic (exact) mass is 196 g/mol. The Hall–Kier alpha value is -0.750. The van der Waals surface area contributed by atoms with E-state index in [-0.39, 0.29) is 0 Å². The minimum absolute atomic E-state index is 2.79. The van der Waals surface area contributed by atoms with E-state index in [4.69, 9.17) is 0 Å². The first kappa shape index (κ1) is 11.2. The van der Waals surface area contributed by atoms with Crippen LogP contribution < -0.4 is 0 Å². The molecule has 0 aromatic heterocycles. The zero-order chi connectivity index (χ0) is 9.89. The summed E-state index contributed by atoms with van der Waals surface area (Å²) < 4.78 is 80.2. The van der Waals surface area contributed by atoms with Gasteiger partial charge in [-0.2, -0.15) is 8.78 Å². The number of hydrogen-bond donors (Lipinski definition) is 0. The molecule has 0 bridgehead atoms. The molecule has 0 nitrogen and oxygen atoms in total. The van der Waals surface area contributed by atoms with E-state index in [0.717, 1.165) is 0 Å². The van der Waals surface area contributed by atoms with E-state index in [1.54, 1.807) is 0 Å². The molecule has 2 atom stereocenters. The van der Waals surface area contributed by atoms with Crippen molar-refractivity contribution in [3.8, 4) is 0 Å². The lowest BCUT2D eigenvalue weighted by atomic mass is 10.2. The van der Waals surface area contributed by atoms with E-state index in [2.05, 4.69) is 0 Å². The maximum Gasteiger partial charge on any atom is 0.304 e. The first-order valence-electron chi connectivity index (χ1n) is 2.65. The maximum absolute atomic E-state index is 11.9. The van der Waals surface area contributed by atoms with Gasteiger partial charge in [-0.15, -0.1) is 0 Å². The Balaban J connectivity index is 4.40. The van der Waals surface area contributed by atoms with Crippen molar-refractivity contribution >= 4 is 0 Å². The third-order valence-electron chi connectivity index (χ3n) is 0.943. The molecule has 7 heteroatoms. The van der Waals surface area contributed by atoms with E-state index >= 15 is 0 Å². The Labute approximate surface area is 62.7 Å². The van der Waals surface area contributed by atoms with Gasteiger partial charge in [-0.25, -0.2) is 22.0 Å². The van der Waals surface area contributed by atoms with Crippen molar-refractivity contribution in [2.75, 3.05) is 0 Å². The molecule has 0 heterocycles. The zero-order valence-corrected chi connectivity index (χ0v) is 5.38. The highest BCUT2D eigenvalue weighted by Gasteiger charge is 2.35. The molecular weight excluding hydrogens is 193 g/mol. The molecule has 0 spiro atoms. The van der Waals surface area contributed by atoms with Gasteiger partial charge in [0.2, 0.25) is 5.83 Å². The lowest BCUT2D eigenvalue weighted by Crippen LogP contribution is -2.25. The van der Waals surface area contributed by atoms with Crippen LogP contribution in [0, 0.1) is 0 Å². The van der Waals surface area contributed by atoms with Gasteiger partial charge in [0.15, 0.2) is 12.3 Å². The number of rotatable bonds is 3. The third-order valence-corrected chi connectivity index (χ3v) is 0.943. The molecule has 0 aromatic rings. The van der Waals surface area contributed by atoms with E-state index in [1.807, 2.05) is 0 Å². The van der Waals surface area contributed by atoms with Crippen LogP contribution in [-0.4, -0.2) is 18.8 Å². The van der Waals surface area contributed by atoms with Gasteiger partial charge in [0, 0.05) is 0 Å². The quantitative estimate of drug-likeness (QED) is 0.608. The molecule has 0 fully saturated rings. The Morgan fingerprint density at radius 3 is 1.50 bits per heavy atom. The maximum atomic E-state index is 11.9. The van der Waals surface area contributed by atoms with Gasteiger partial charge in [-0.05, 0) is 0 Å². The number of alkyl halides is 4. The summed E-state index contributed by atoms with van der Waals surface area (Å²) in [5, 5.41) is 0. The van der Waals surface area contributed by atoms with Crippen LogP contribution in [0.1, 0.15) is 0 Å². The standard InChI is InChI=1S/C5H3F7/c6-1(2(7)4(9)10)3(8)5(11)12/h1-2,4H. The minimum Gasteiger partial charge on any atom is -0.237 e. The zero-order valence-electron chi connectivity index (χ0n) is 5.38. The van der Waals surface area contributed by atoms with Crippen LogP contribution in [0.4, 0.5) is 30.7 Å². The molecule has 0 saturated heterocycles. The summed E-state index contributed by atoms with van der Waals surface area (Å²) in [5.74, 6) is -2.79. The van der Waals surface area contributed by atoms with Crippen molar-refractivity contribution in [3.05, 3.63) is 11.9 Å². The van der Waals surface area contributed by atoms with Crippen LogP contribution in [0.3, 0.4) is 0 Å². The average Bonchev–Trinajstić information content (AvgIpc) is 2.00. The van der Waals surface area contributed by atoms with E-state index in [1.165, 1.54) is 0 Å². The molecule has 0 rings (SSSR count). The van der Waals surface area contributed by atoms with Gasteiger partial charge < -0.3 is 0 Å². The number of hydrogen-bond acceptors (Lipinski definition) is 0. The fourth-order valence-electron chi connectivity index (χ4n) is 0.372. The molecule has 0 N–H and O–H groups in total. The van der Waals surface area contributed by atoms with Crippen LogP contribution in [0.2, 0.25) is 0 Å². The predicted octanol–water partition coefficient (Wildman–Crippen LogP) is 3.01. The highest BCUT2D eigenvalue weighted by atomic mass is 19.3. The molecule has 12 heavy (non-hydrogen) atoms. The van der Waals surface area contributed by atoms with Crippen molar-refractivity contribution in [2.24, 2.45) is 0 Å². The Kier molecular flexibility index (Phi) is 4.05. The van der Waals surface area contributed by atoms with Crippen molar-refractivity contribution < 1.29 is 30.7 Å². The summed E-state index contributed by atoms with van der Waals surface area (Å²) in [6, 6.07) is 0. The van der Waals surface area contributed by atoms with Crippen molar-refractivity contribution in [1.82, 2.24) is 0 Å². The van der Waals surface area contributed by atoms with Gasteiger partial charge in [0.1, 0.15) is 0 Å². The molecule has 0 aromatic carbocycles. The third kappa shape index (κ3) is 2.71. The molecular formula is C5H3F7. The van der Waals surface area contributed by atoms with Crippen molar-refractivity contribution in [1.29, 1.82) is 0 Å². The van der Waals surface area contributed by atoms with Gasteiger partial charge in [0.25, 0.3) is 6.43 Å². The molecule has 0 amide bonds. The second-order valence-electron chi connectivity index (χ2n) is 1.79. The molecule has 0 radical (unpaired) electrons. The fourth-order valence-corrected chi connectivity index (χ4v) is 0.372. The van der Waals surface area contributed by atoms with Crippen molar-refractivity contribution in [2.45, 2.75) is 18.8 Å². The smallest absolute Gasteiger partial charge is 0.237 e. The molecule has 0 aliphatic heterocycles. The van der Waals surface area contributed by atoms with Crippen LogP contribution in [0.5, 0.6) is 0 Å². The van der Waals surface area contributed by atoms with Gasteiger partial charge in [-0.1, -0.05) is 0 Å². The lowest BCUT2D eigenvalue weighted by Gasteiger charge is -2.09. The van der Waals surface area contributed by atoms with Gasteiger partial charge in [0.05, 0.1) is 0 Å². The molecule has 2 unspecified atom stereocenters. The highest BCUT2D eigenvalue weighted by Crippen LogP contribution is 2.24. The number of allylic oxidation sites excluding steroid dienone is 1. The normalized spacial score (nSPS) is 16.0. The van der Waals surface area contributed by atoms with Crippen molar-refractivity contribution in [3.63, 3.8) is 0 Å². The average molecular weight is 196 g/mol. The second kappa shape index (κ2) is 4.32. The molecule has 0 aliphatic rings. The first-order valence-corrected chi connectivity index (χ1v) is 2.65. The van der Waals surface area contributed by atoms with Crippen LogP contribution >= 0.6 is 0 Å². The fraction of sp³-hybridized carbons (Fsp3) is 0.600. The SMILES string of the molecule is FC(F)=C(F)C(F)C(F)C(F)F. The van der Waals surface area contributed by atoms with E-state index in [0.29, 0.717) is 0 Å². The molecule has 0 aliphatic carbocycles. The Bertz CT molecular complexity index is 171. The summed E-state index contributed by atoms with van der Waals surface area (Å²) in [6.45, 7) is 0. The van der Waals surface area contributed by atoms with E-state index in [9.17, 15) is 30.7 Å². The van der Waals surface area contributed by atoms with Gasteiger partial charge in [-0.3, -0.25) is 0 Å². The topological polar surface area (TPSA) is 0 Å². The first-order chi connectivity index (χ1) is 5.37. The second-order valence-corrected chi connectivity index (χ2v) is 1.79. The highest BCUT2D eigenvalue weighted by molar-refractivity contribution is 5.02. The van der Waals surface area contributed by atoms with Crippen LogP contribution in [-0.2, 0) is 0 Å². The van der Waals surface area contributed by atoms with Gasteiger partial charge >= 0.3 is 6.08 Å². The van der Waals surface area contributed by atoms with E-state index < -0.39 is 30.7 Å². The summed E-state index contributed by atoms with van der Waals surface area (Å²) in [5.41, 5.74) is 0. The molecule has 72 valence electrons. The lowest BCUT2D eigenvalue weighted by molar-refractivity contribution is 0.00640. The summed E-state index contributed by atoms with van der Waals surface area (Å²) in [4.78, 5) is 0. The number of halogens is 7. The minimum atomic E-state index is -3.83. The summed E-state index contributed by atoms with van der Waals surface area (Å²) >= 11 is 0. The Morgan fingerprint density at radius 1 is 0.833 bits per heavy atom. The summed E-state index contributed by atoms with van der Waals surface area (Å²) in [6.07, 6.45) is -14.1. The molecule has 0 saturated carbocycles. The van der Waals surface area contributed by atoms with Crippen LogP contribution in [0.15, 0.2) is 11.9 Å². The summed E-state index contributed by atoms with van der Waals surface area (Å²) in [7, 11) is 0.